The Morgan fingerprint density at radius 1 is 1.06 bits per heavy atom. The Hall–Kier alpha value is -1.40. The number of nitrogens with zero attached hydrogens (tertiary/aromatic N) is 3. The predicted octanol–water partition coefficient (Wildman–Crippen LogP) is -0.648. The van der Waals surface area contributed by atoms with E-state index in [2.05, 4.69) is 31.8 Å². The third-order valence-electron chi connectivity index (χ3n) is 9.65. The molecule has 0 aromatic rings. The van der Waals surface area contributed by atoms with E-state index < -0.39 is 0 Å². The molecule has 6 rings (SSSR count). The molecule has 2 amide bonds. The molecule has 5 aliphatic heterocycles. The lowest BCUT2D eigenvalue weighted by molar-refractivity contribution is -0.945. The van der Waals surface area contributed by atoms with Gasteiger partial charge in [-0.05, 0) is 38.0 Å². The number of carbonyl (C=O) groups excluding carboxylic acids is 1. The second-order valence-corrected chi connectivity index (χ2v) is 11.8. The minimum atomic E-state index is -0.0322. The molecule has 2 bridgehead atoms. The fourth-order valence-corrected chi connectivity index (χ4v) is 7.62. The van der Waals surface area contributed by atoms with Crippen molar-refractivity contribution in [2.75, 3.05) is 58.9 Å². The van der Waals surface area contributed by atoms with Gasteiger partial charge in [-0.25, -0.2) is 4.79 Å². The molecule has 0 aromatic carbocycles. The Bertz CT molecular complexity index is 712. The highest BCUT2D eigenvalue weighted by atomic mass is 16.2. The molecule has 7 unspecified atom stereocenters. The van der Waals surface area contributed by atoms with Crippen LogP contribution in [0.3, 0.4) is 0 Å². The van der Waals surface area contributed by atoms with Crippen LogP contribution in [-0.4, -0.2) is 93.0 Å². The summed E-state index contributed by atoms with van der Waals surface area (Å²) in [5, 5.41) is 18.1. The van der Waals surface area contributed by atoms with Crippen molar-refractivity contribution in [3.8, 4) is 6.07 Å². The molecule has 8 nitrogen and oxygen atoms in total. The number of hydrogen-bond donors (Lipinski definition) is 4. The highest BCUT2D eigenvalue weighted by molar-refractivity contribution is 5.74. The Morgan fingerprint density at radius 2 is 1.94 bits per heavy atom. The Labute approximate surface area is 205 Å². The van der Waals surface area contributed by atoms with Crippen LogP contribution in [0.4, 0.5) is 4.79 Å². The Balaban J connectivity index is 1.01. The van der Waals surface area contributed by atoms with E-state index in [9.17, 15) is 10.1 Å². The van der Waals surface area contributed by atoms with Gasteiger partial charge in [0.2, 0.25) is 0 Å². The van der Waals surface area contributed by atoms with E-state index in [1.165, 1.54) is 84.5 Å². The van der Waals surface area contributed by atoms with Crippen molar-refractivity contribution in [1.29, 1.82) is 5.26 Å². The molecule has 7 atom stereocenters. The zero-order chi connectivity index (χ0) is 23.3. The number of nitriles is 1. The van der Waals surface area contributed by atoms with Crippen LogP contribution in [-0.2, 0) is 0 Å². The van der Waals surface area contributed by atoms with Crippen molar-refractivity contribution in [3.63, 3.8) is 0 Å². The summed E-state index contributed by atoms with van der Waals surface area (Å²) in [4.78, 5) is 19.7. The van der Waals surface area contributed by atoms with Crippen molar-refractivity contribution >= 4 is 6.03 Å². The lowest BCUT2D eigenvalue weighted by atomic mass is 9.75. The van der Waals surface area contributed by atoms with Gasteiger partial charge >= 0.3 is 6.03 Å². The van der Waals surface area contributed by atoms with Crippen LogP contribution >= 0.6 is 0 Å². The molecule has 8 heteroatoms. The molecule has 34 heavy (non-hydrogen) atoms. The molecule has 0 spiro atoms. The summed E-state index contributed by atoms with van der Waals surface area (Å²) in [6, 6.07) is 3.07. The smallest absolute Gasteiger partial charge is 0.315 e. The van der Waals surface area contributed by atoms with E-state index in [0.29, 0.717) is 6.04 Å². The van der Waals surface area contributed by atoms with Gasteiger partial charge in [-0.3, -0.25) is 4.90 Å². The highest BCUT2D eigenvalue weighted by Gasteiger charge is 2.44. The summed E-state index contributed by atoms with van der Waals surface area (Å²) in [5.41, 5.74) is 0. The van der Waals surface area contributed by atoms with Gasteiger partial charge in [0.05, 0.1) is 32.2 Å². The molecule has 5 heterocycles. The summed E-state index contributed by atoms with van der Waals surface area (Å²) in [6.45, 7) is 10.9. The zero-order valence-electron chi connectivity index (χ0n) is 21.0. The summed E-state index contributed by atoms with van der Waals surface area (Å²) in [5.74, 6) is 1.76. The number of rotatable bonds is 6. The molecule has 1 aliphatic carbocycles. The largest absolute Gasteiger partial charge is 0.335 e. The lowest BCUT2D eigenvalue weighted by Gasteiger charge is -2.49. The minimum Gasteiger partial charge on any atom is -0.335 e. The number of quaternary nitrogens is 2. The van der Waals surface area contributed by atoms with Crippen LogP contribution in [0.5, 0.6) is 0 Å². The summed E-state index contributed by atoms with van der Waals surface area (Å²) in [7, 11) is 0. The van der Waals surface area contributed by atoms with Gasteiger partial charge in [0.1, 0.15) is 12.2 Å². The number of urea groups is 1. The van der Waals surface area contributed by atoms with Crippen LogP contribution in [0.2, 0.25) is 0 Å². The first-order valence-corrected chi connectivity index (χ1v) is 14.3. The fraction of sp³-hybridized carbons (Fsp3) is 0.923. The predicted molar refractivity (Wildman–Crippen MR) is 131 cm³/mol. The number of hydrogen-bond acceptors (Lipinski definition) is 4. The summed E-state index contributed by atoms with van der Waals surface area (Å²) in [6.07, 6.45) is 11.4. The van der Waals surface area contributed by atoms with Crippen LogP contribution in [0, 0.1) is 29.1 Å². The van der Waals surface area contributed by atoms with Crippen LogP contribution in [0.25, 0.3) is 0 Å². The van der Waals surface area contributed by atoms with Crippen molar-refractivity contribution in [1.82, 2.24) is 20.4 Å². The molecular formula is C26H47N7O+2. The van der Waals surface area contributed by atoms with E-state index >= 15 is 0 Å². The summed E-state index contributed by atoms with van der Waals surface area (Å²) >= 11 is 0. The van der Waals surface area contributed by atoms with Gasteiger partial charge in [-0.1, -0.05) is 6.42 Å². The number of carbonyl (C=O) groups is 1. The minimum absolute atomic E-state index is 0.0322. The Morgan fingerprint density at radius 3 is 2.68 bits per heavy atom. The van der Waals surface area contributed by atoms with E-state index in [-0.39, 0.29) is 18.0 Å². The van der Waals surface area contributed by atoms with E-state index in [4.69, 9.17) is 0 Å². The van der Waals surface area contributed by atoms with E-state index in [1.807, 2.05) is 0 Å². The van der Waals surface area contributed by atoms with Crippen LogP contribution in [0.15, 0.2) is 0 Å². The summed E-state index contributed by atoms with van der Waals surface area (Å²) < 4.78 is 0. The molecule has 190 valence electrons. The number of piperidine rings is 4. The van der Waals surface area contributed by atoms with Crippen molar-refractivity contribution in [2.24, 2.45) is 17.8 Å². The first-order valence-electron chi connectivity index (χ1n) is 14.3. The van der Waals surface area contributed by atoms with Crippen molar-refractivity contribution in [2.45, 2.75) is 76.0 Å². The average Bonchev–Trinajstić information content (AvgIpc) is 2.89. The SMILES string of the molecule is N#CC1CCCC(NC(=O)NCC2CC3CC[NH+]2CC3CN2CCN(C3CCCC[NH2+]3)CC2)C1. The Kier molecular flexibility index (Phi) is 8.26. The topological polar surface area (TPSA) is 92.4 Å². The van der Waals surface area contributed by atoms with Gasteiger partial charge in [-0.15, -0.1) is 0 Å². The second kappa shape index (κ2) is 11.6. The van der Waals surface area contributed by atoms with Crippen molar-refractivity contribution in [3.05, 3.63) is 0 Å². The van der Waals surface area contributed by atoms with Gasteiger partial charge < -0.3 is 25.8 Å². The molecule has 5 saturated heterocycles. The van der Waals surface area contributed by atoms with Crippen LogP contribution in [0.1, 0.15) is 57.8 Å². The first-order chi connectivity index (χ1) is 16.7. The van der Waals surface area contributed by atoms with Gasteiger partial charge in [-0.2, -0.15) is 5.26 Å². The molecule has 6 fully saturated rings. The van der Waals surface area contributed by atoms with Crippen LogP contribution < -0.4 is 20.9 Å². The maximum atomic E-state index is 12.5. The highest BCUT2D eigenvalue weighted by Crippen LogP contribution is 2.28. The quantitative estimate of drug-likeness (QED) is 0.413. The van der Waals surface area contributed by atoms with Gasteiger partial charge in [0, 0.05) is 69.9 Å². The maximum Gasteiger partial charge on any atom is 0.315 e. The number of piperazine rings is 1. The first kappa shape index (κ1) is 24.3. The number of nitrogens with one attached hydrogen (secondary N) is 3. The normalized spacial score (nSPS) is 39.3. The average molecular weight is 474 g/mol. The number of fused-ring (bicyclic) bond motifs is 3. The molecule has 0 radical (unpaired) electrons. The molecular weight excluding hydrogens is 426 g/mol. The monoisotopic (exact) mass is 473 g/mol. The fourth-order valence-electron chi connectivity index (χ4n) is 7.62. The van der Waals surface area contributed by atoms with E-state index in [1.54, 1.807) is 4.90 Å². The van der Waals surface area contributed by atoms with Gasteiger partial charge in [0.15, 0.2) is 0 Å². The van der Waals surface area contributed by atoms with Crippen molar-refractivity contribution < 1.29 is 15.0 Å². The zero-order valence-corrected chi connectivity index (χ0v) is 21.0. The third kappa shape index (κ3) is 6.04. The molecule has 0 aromatic heterocycles. The molecule has 1 saturated carbocycles. The lowest BCUT2D eigenvalue weighted by Crippen LogP contribution is -3.20. The third-order valence-corrected chi connectivity index (χ3v) is 9.65. The number of amides is 2. The second-order valence-electron chi connectivity index (χ2n) is 11.8. The van der Waals surface area contributed by atoms with Gasteiger partial charge in [0.25, 0.3) is 0 Å². The molecule has 5 N–H and O–H groups in total. The van der Waals surface area contributed by atoms with E-state index in [0.717, 1.165) is 50.2 Å². The number of nitrogens with two attached hydrogens (primary N) is 1. The molecule has 6 aliphatic rings. The standard InChI is InChI=1S/C26H45N7O/c27-16-20-4-3-5-23(14-20)30-26(34)29-17-24-15-21-7-9-33(24)19-22(21)18-31-10-12-32(13-11-31)25-6-1-2-8-28-25/h20-25,28H,1-15,17-19H2,(H2,29,30,34)/p+2. The maximum absolute atomic E-state index is 12.5.